The highest BCUT2D eigenvalue weighted by atomic mass is 15.2. The summed E-state index contributed by atoms with van der Waals surface area (Å²) in [6.45, 7) is 7.10. The van der Waals surface area contributed by atoms with Crippen molar-refractivity contribution >= 4 is 5.69 Å². The predicted molar refractivity (Wildman–Crippen MR) is 69.2 cm³/mol. The van der Waals surface area contributed by atoms with Crippen LogP contribution in [-0.4, -0.2) is 18.0 Å². The van der Waals surface area contributed by atoms with Crippen LogP contribution < -0.4 is 5.73 Å². The molecule has 2 rings (SSSR count). The van der Waals surface area contributed by atoms with Crippen molar-refractivity contribution < 1.29 is 0 Å². The standard InChI is InChI=1S/C14H22N2/c1-11-4-3-9-16(10-11)12(2)13-5-7-14(15)8-6-13/h5-8,11-12H,3-4,9-10,15H2,1-2H3. The number of hydrogen-bond donors (Lipinski definition) is 1. The first kappa shape index (κ1) is 11.5. The summed E-state index contributed by atoms with van der Waals surface area (Å²) < 4.78 is 0. The zero-order valence-electron chi connectivity index (χ0n) is 10.3. The second-order valence-electron chi connectivity index (χ2n) is 5.08. The van der Waals surface area contributed by atoms with Crippen molar-refractivity contribution in [1.82, 2.24) is 4.90 Å². The molecule has 1 aliphatic rings. The molecule has 2 atom stereocenters. The molecule has 0 aromatic heterocycles. The Kier molecular flexibility index (Phi) is 3.49. The van der Waals surface area contributed by atoms with E-state index in [1.54, 1.807) is 0 Å². The zero-order valence-corrected chi connectivity index (χ0v) is 10.3. The van der Waals surface area contributed by atoms with E-state index < -0.39 is 0 Å². The summed E-state index contributed by atoms with van der Waals surface area (Å²) in [5.74, 6) is 0.838. The molecule has 0 bridgehead atoms. The Bertz CT molecular complexity index is 331. The molecule has 0 amide bonds. The number of rotatable bonds is 2. The molecular formula is C14H22N2. The van der Waals surface area contributed by atoms with E-state index in [4.69, 9.17) is 5.73 Å². The van der Waals surface area contributed by atoms with E-state index in [-0.39, 0.29) is 0 Å². The lowest BCUT2D eigenvalue weighted by atomic mass is 9.97. The van der Waals surface area contributed by atoms with Gasteiger partial charge in [-0.15, -0.1) is 0 Å². The Morgan fingerprint density at radius 1 is 1.31 bits per heavy atom. The van der Waals surface area contributed by atoms with E-state index in [1.165, 1.54) is 31.5 Å². The van der Waals surface area contributed by atoms with E-state index in [1.807, 2.05) is 12.1 Å². The molecule has 0 spiro atoms. The summed E-state index contributed by atoms with van der Waals surface area (Å²) in [6.07, 6.45) is 2.71. The lowest BCUT2D eigenvalue weighted by molar-refractivity contribution is 0.139. The second-order valence-corrected chi connectivity index (χ2v) is 5.08. The van der Waals surface area contributed by atoms with Crippen molar-refractivity contribution in [2.45, 2.75) is 32.7 Å². The van der Waals surface area contributed by atoms with Gasteiger partial charge in [0.1, 0.15) is 0 Å². The highest BCUT2D eigenvalue weighted by molar-refractivity contribution is 5.40. The molecule has 0 saturated carbocycles. The maximum absolute atomic E-state index is 5.71. The van der Waals surface area contributed by atoms with Crippen molar-refractivity contribution in [2.75, 3.05) is 18.8 Å². The van der Waals surface area contributed by atoms with Gasteiger partial charge in [-0.25, -0.2) is 0 Å². The topological polar surface area (TPSA) is 29.3 Å². The Morgan fingerprint density at radius 3 is 2.62 bits per heavy atom. The van der Waals surface area contributed by atoms with Gasteiger partial charge in [0, 0.05) is 18.3 Å². The van der Waals surface area contributed by atoms with Gasteiger partial charge in [0.2, 0.25) is 0 Å². The zero-order chi connectivity index (χ0) is 11.5. The lowest BCUT2D eigenvalue weighted by Gasteiger charge is -2.35. The van der Waals surface area contributed by atoms with Gasteiger partial charge in [-0.05, 0) is 49.9 Å². The molecule has 1 aliphatic heterocycles. The van der Waals surface area contributed by atoms with E-state index in [9.17, 15) is 0 Å². The minimum Gasteiger partial charge on any atom is -0.399 e. The largest absolute Gasteiger partial charge is 0.399 e. The highest BCUT2D eigenvalue weighted by Crippen LogP contribution is 2.26. The fourth-order valence-corrected chi connectivity index (χ4v) is 2.56. The van der Waals surface area contributed by atoms with Gasteiger partial charge in [0.25, 0.3) is 0 Å². The molecule has 1 fully saturated rings. The van der Waals surface area contributed by atoms with Crippen LogP contribution in [0, 0.1) is 5.92 Å². The summed E-state index contributed by atoms with van der Waals surface area (Å²) in [6, 6.07) is 8.82. The molecule has 1 aromatic rings. The van der Waals surface area contributed by atoms with Crippen LogP contribution in [0.25, 0.3) is 0 Å². The van der Waals surface area contributed by atoms with Crippen LogP contribution in [0.1, 0.15) is 38.3 Å². The number of anilines is 1. The highest BCUT2D eigenvalue weighted by Gasteiger charge is 2.21. The summed E-state index contributed by atoms with van der Waals surface area (Å²) in [7, 11) is 0. The Hall–Kier alpha value is -1.02. The normalized spacial score (nSPS) is 24.2. The van der Waals surface area contributed by atoms with Crippen molar-refractivity contribution in [3.8, 4) is 0 Å². The molecule has 2 nitrogen and oxygen atoms in total. The molecule has 1 saturated heterocycles. The average molecular weight is 218 g/mol. The second kappa shape index (κ2) is 4.88. The number of hydrogen-bond acceptors (Lipinski definition) is 2. The van der Waals surface area contributed by atoms with E-state index in [2.05, 4.69) is 30.9 Å². The van der Waals surface area contributed by atoms with Crippen LogP contribution in [0.4, 0.5) is 5.69 Å². The van der Waals surface area contributed by atoms with Gasteiger partial charge in [0.15, 0.2) is 0 Å². The first-order valence-corrected chi connectivity index (χ1v) is 6.26. The van der Waals surface area contributed by atoms with E-state index >= 15 is 0 Å². The first-order valence-electron chi connectivity index (χ1n) is 6.26. The monoisotopic (exact) mass is 218 g/mol. The molecule has 16 heavy (non-hydrogen) atoms. The maximum atomic E-state index is 5.71. The number of nitrogens with zero attached hydrogens (tertiary/aromatic N) is 1. The van der Waals surface area contributed by atoms with Crippen LogP contribution in [0.5, 0.6) is 0 Å². The minimum absolute atomic E-state index is 0.517. The molecule has 2 heteroatoms. The Morgan fingerprint density at radius 2 is 2.00 bits per heavy atom. The van der Waals surface area contributed by atoms with Gasteiger partial charge in [-0.2, -0.15) is 0 Å². The third kappa shape index (κ3) is 2.56. The van der Waals surface area contributed by atoms with Crippen LogP contribution in [0.3, 0.4) is 0 Å². The first-order chi connectivity index (χ1) is 7.66. The molecule has 0 radical (unpaired) electrons. The lowest BCUT2D eigenvalue weighted by Crippen LogP contribution is -2.36. The molecule has 1 heterocycles. The fourth-order valence-electron chi connectivity index (χ4n) is 2.56. The molecule has 2 unspecified atom stereocenters. The number of piperidine rings is 1. The van der Waals surface area contributed by atoms with Crippen LogP contribution in [0.2, 0.25) is 0 Å². The fraction of sp³-hybridized carbons (Fsp3) is 0.571. The molecule has 88 valence electrons. The van der Waals surface area contributed by atoms with Gasteiger partial charge in [-0.1, -0.05) is 19.1 Å². The molecular weight excluding hydrogens is 196 g/mol. The van der Waals surface area contributed by atoms with Crippen molar-refractivity contribution in [3.63, 3.8) is 0 Å². The van der Waals surface area contributed by atoms with Crippen molar-refractivity contribution in [3.05, 3.63) is 29.8 Å². The van der Waals surface area contributed by atoms with Crippen LogP contribution in [0.15, 0.2) is 24.3 Å². The Balaban J connectivity index is 2.06. The Labute approximate surface area is 98.4 Å². The molecule has 1 aromatic carbocycles. The smallest absolute Gasteiger partial charge is 0.0320 e. The van der Waals surface area contributed by atoms with Crippen molar-refractivity contribution in [1.29, 1.82) is 0 Å². The van der Waals surface area contributed by atoms with E-state index in [0.717, 1.165) is 11.6 Å². The number of nitrogen functional groups attached to an aromatic ring is 1. The molecule has 2 N–H and O–H groups in total. The summed E-state index contributed by atoms with van der Waals surface area (Å²) in [5, 5.41) is 0. The van der Waals surface area contributed by atoms with Gasteiger partial charge in [0.05, 0.1) is 0 Å². The maximum Gasteiger partial charge on any atom is 0.0320 e. The third-order valence-electron chi connectivity index (χ3n) is 3.66. The SMILES string of the molecule is CC1CCCN(C(C)c2ccc(N)cc2)C1. The summed E-state index contributed by atoms with van der Waals surface area (Å²) in [4.78, 5) is 2.58. The van der Waals surface area contributed by atoms with Crippen molar-refractivity contribution in [2.24, 2.45) is 5.92 Å². The van der Waals surface area contributed by atoms with Gasteiger partial charge in [-0.3, -0.25) is 4.90 Å². The summed E-state index contributed by atoms with van der Waals surface area (Å²) in [5.41, 5.74) is 7.94. The minimum atomic E-state index is 0.517. The number of benzene rings is 1. The number of likely N-dealkylation sites (tertiary alicyclic amines) is 1. The number of nitrogens with two attached hydrogens (primary N) is 1. The predicted octanol–water partition coefficient (Wildman–Crippen LogP) is 3.06. The quantitative estimate of drug-likeness (QED) is 0.773. The molecule has 0 aliphatic carbocycles. The van der Waals surface area contributed by atoms with Crippen LogP contribution in [-0.2, 0) is 0 Å². The van der Waals surface area contributed by atoms with E-state index in [0.29, 0.717) is 6.04 Å². The average Bonchev–Trinajstić information content (AvgIpc) is 2.29. The van der Waals surface area contributed by atoms with Crippen LogP contribution >= 0.6 is 0 Å². The summed E-state index contributed by atoms with van der Waals surface area (Å²) >= 11 is 0. The third-order valence-corrected chi connectivity index (χ3v) is 3.66. The van der Waals surface area contributed by atoms with Gasteiger partial charge < -0.3 is 5.73 Å². The van der Waals surface area contributed by atoms with Gasteiger partial charge >= 0.3 is 0 Å².